The minimum Gasteiger partial charge on any atom is -0.365 e. The van der Waals surface area contributed by atoms with Gasteiger partial charge in [-0.15, -0.1) is 0 Å². The number of nitrogens with two attached hydrogens (primary N) is 1. The maximum Gasteiger partial charge on any atom is 0.252 e. The van der Waals surface area contributed by atoms with Gasteiger partial charge >= 0.3 is 0 Å². The highest BCUT2D eigenvalue weighted by molar-refractivity contribution is 7.99. The number of rotatable bonds is 2. The number of aromatic amines is 1. The number of thioether (sulfide) groups is 1. The summed E-state index contributed by atoms with van der Waals surface area (Å²) in [4.78, 5) is 11.0. The van der Waals surface area contributed by atoms with Crippen molar-refractivity contribution in [2.24, 2.45) is 5.73 Å². The second kappa shape index (κ2) is 3.41. The van der Waals surface area contributed by atoms with E-state index in [2.05, 4.69) is 10.2 Å². The molecule has 4 nitrogen and oxygen atoms in total. The molecule has 1 unspecified atom stereocenters. The van der Waals surface area contributed by atoms with Crippen molar-refractivity contribution in [2.45, 2.75) is 12.3 Å². The van der Waals surface area contributed by atoms with Gasteiger partial charge < -0.3 is 5.73 Å². The summed E-state index contributed by atoms with van der Waals surface area (Å²) in [6, 6.07) is 0. The van der Waals surface area contributed by atoms with E-state index in [1.807, 2.05) is 11.8 Å². The zero-order valence-corrected chi connectivity index (χ0v) is 7.93. The minimum absolute atomic E-state index is 0.388. The Morgan fingerprint density at radius 2 is 2.62 bits per heavy atom. The summed E-state index contributed by atoms with van der Waals surface area (Å²) < 4.78 is 0. The summed E-state index contributed by atoms with van der Waals surface area (Å²) in [5.41, 5.74) is 6.68. The average molecular weight is 197 g/mol. The normalized spacial score (nSPS) is 22.0. The van der Waals surface area contributed by atoms with E-state index in [1.165, 1.54) is 6.20 Å². The molecule has 5 heteroatoms. The largest absolute Gasteiger partial charge is 0.365 e. The van der Waals surface area contributed by atoms with Crippen LogP contribution >= 0.6 is 11.8 Å². The first kappa shape index (κ1) is 8.62. The van der Waals surface area contributed by atoms with E-state index in [-0.39, 0.29) is 5.91 Å². The molecule has 0 saturated carbocycles. The van der Waals surface area contributed by atoms with Gasteiger partial charge in [0.2, 0.25) is 0 Å². The first-order valence-corrected chi connectivity index (χ1v) is 5.35. The Morgan fingerprint density at radius 3 is 3.23 bits per heavy atom. The van der Waals surface area contributed by atoms with Gasteiger partial charge in [-0.1, -0.05) is 0 Å². The van der Waals surface area contributed by atoms with Crippen molar-refractivity contribution in [3.63, 3.8) is 0 Å². The lowest BCUT2D eigenvalue weighted by atomic mass is 10.0. The number of primary amides is 1. The molecule has 1 atom stereocenters. The molecule has 0 aromatic carbocycles. The first-order valence-electron chi connectivity index (χ1n) is 4.20. The average Bonchev–Trinajstić information content (AvgIpc) is 2.74. The molecule has 2 rings (SSSR count). The van der Waals surface area contributed by atoms with E-state index in [1.54, 1.807) is 0 Å². The van der Waals surface area contributed by atoms with Crippen LogP contribution in [0.2, 0.25) is 0 Å². The van der Waals surface area contributed by atoms with Crippen molar-refractivity contribution in [3.8, 4) is 0 Å². The predicted octanol–water partition coefficient (Wildman–Crippen LogP) is 0.729. The van der Waals surface area contributed by atoms with Crippen molar-refractivity contribution in [2.75, 3.05) is 11.5 Å². The molecular formula is C8H11N3OS. The van der Waals surface area contributed by atoms with Crippen molar-refractivity contribution < 1.29 is 4.79 Å². The Bertz CT molecular complexity index is 317. The summed E-state index contributed by atoms with van der Waals surface area (Å²) in [5, 5.41) is 6.72. The molecule has 0 radical (unpaired) electrons. The van der Waals surface area contributed by atoms with Gasteiger partial charge in [0.15, 0.2) is 0 Å². The maximum atomic E-state index is 11.0. The van der Waals surface area contributed by atoms with Gasteiger partial charge in [0.25, 0.3) is 5.91 Å². The standard InChI is InChI=1S/C8H11N3OS/c9-8(12)6-3-10-11-7(6)5-1-2-13-4-5/h3,5H,1-2,4H2,(H2,9,12)(H,10,11). The number of hydrogen-bond acceptors (Lipinski definition) is 3. The zero-order chi connectivity index (χ0) is 9.26. The quantitative estimate of drug-likeness (QED) is 0.734. The number of H-pyrrole nitrogens is 1. The van der Waals surface area contributed by atoms with E-state index in [0.717, 1.165) is 23.6 Å². The summed E-state index contributed by atoms with van der Waals surface area (Å²) >= 11 is 1.90. The number of hydrogen-bond donors (Lipinski definition) is 2. The maximum absolute atomic E-state index is 11.0. The fourth-order valence-corrected chi connectivity index (χ4v) is 2.80. The Labute approximate surface area is 80.3 Å². The molecule has 13 heavy (non-hydrogen) atoms. The molecular weight excluding hydrogens is 186 g/mol. The van der Waals surface area contributed by atoms with Crippen LogP contribution in [0.5, 0.6) is 0 Å². The molecule has 0 aliphatic carbocycles. The number of aromatic nitrogens is 2. The van der Waals surface area contributed by atoms with Crippen LogP contribution in [0.3, 0.4) is 0 Å². The lowest BCUT2D eigenvalue weighted by molar-refractivity contribution is 0.0999. The van der Waals surface area contributed by atoms with E-state index >= 15 is 0 Å². The highest BCUT2D eigenvalue weighted by Gasteiger charge is 2.23. The van der Waals surface area contributed by atoms with Crippen molar-refractivity contribution >= 4 is 17.7 Å². The Balaban J connectivity index is 2.28. The Morgan fingerprint density at radius 1 is 1.77 bits per heavy atom. The molecule has 2 heterocycles. The Kier molecular flexibility index (Phi) is 2.26. The van der Waals surface area contributed by atoms with Crippen LogP contribution in [-0.2, 0) is 0 Å². The fourth-order valence-electron chi connectivity index (χ4n) is 1.57. The lowest BCUT2D eigenvalue weighted by Gasteiger charge is -2.05. The van der Waals surface area contributed by atoms with Crippen LogP contribution in [0.15, 0.2) is 6.20 Å². The number of amides is 1. The van der Waals surface area contributed by atoms with Crippen LogP contribution in [-0.4, -0.2) is 27.6 Å². The number of nitrogens with one attached hydrogen (secondary N) is 1. The van der Waals surface area contributed by atoms with Gasteiger partial charge in [0.05, 0.1) is 17.5 Å². The van der Waals surface area contributed by atoms with E-state index in [0.29, 0.717) is 11.5 Å². The Hall–Kier alpha value is -0.970. The summed E-state index contributed by atoms with van der Waals surface area (Å²) in [5.74, 6) is 2.25. The van der Waals surface area contributed by atoms with Gasteiger partial charge in [0.1, 0.15) is 0 Å². The van der Waals surface area contributed by atoms with Gasteiger partial charge in [0, 0.05) is 11.7 Å². The molecule has 1 aliphatic heterocycles. The zero-order valence-electron chi connectivity index (χ0n) is 7.12. The lowest BCUT2D eigenvalue weighted by Crippen LogP contribution is -2.14. The molecule has 1 amide bonds. The molecule has 1 aromatic heterocycles. The molecule has 1 saturated heterocycles. The van der Waals surface area contributed by atoms with Gasteiger partial charge in [-0.3, -0.25) is 9.89 Å². The smallest absolute Gasteiger partial charge is 0.252 e. The molecule has 3 N–H and O–H groups in total. The predicted molar refractivity (Wildman–Crippen MR) is 51.8 cm³/mol. The van der Waals surface area contributed by atoms with Crippen LogP contribution in [0.4, 0.5) is 0 Å². The molecule has 70 valence electrons. The van der Waals surface area contributed by atoms with E-state index < -0.39 is 0 Å². The second-order valence-corrected chi connectivity index (χ2v) is 4.27. The third-order valence-electron chi connectivity index (χ3n) is 2.27. The molecule has 1 aromatic rings. The first-order chi connectivity index (χ1) is 6.29. The van der Waals surface area contributed by atoms with Crippen molar-refractivity contribution in [3.05, 3.63) is 17.5 Å². The van der Waals surface area contributed by atoms with Crippen molar-refractivity contribution in [1.82, 2.24) is 10.2 Å². The van der Waals surface area contributed by atoms with Gasteiger partial charge in [-0.2, -0.15) is 16.9 Å². The molecule has 0 bridgehead atoms. The highest BCUT2D eigenvalue weighted by Crippen LogP contribution is 2.32. The third kappa shape index (κ3) is 1.56. The number of carbonyl (C=O) groups is 1. The summed E-state index contributed by atoms with van der Waals surface area (Å²) in [7, 11) is 0. The van der Waals surface area contributed by atoms with E-state index in [4.69, 9.17) is 5.73 Å². The summed E-state index contributed by atoms with van der Waals surface area (Å²) in [6.07, 6.45) is 2.62. The summed E-state index contributed by atoms with van der Waals surface area (Å²) in [6.45, 7) is 0. The molecule has 0 spiro atoms. The van der Waals surface area contributed by atoms with E-state index in [9.17, 15) is 4.79 Å². The van der Waals surface area contributed by atoms with Gasteiger partial charge in [-0.05, 0) is 12.2 Å². The van der Waals surface area contributed by atoms with Crippen LogP contribution < -0.4 is 5.73 Å². The third-order valence-corrected chi connectivity index (χ3v) is 3.43. The number of carbonyl (C=O) groups excluding carboxylic acids is 1. The second-order valence-electron chi connectivity index (χ2n) is 3.12. The SMILES string of the molecule is NC(=O)c1cn[nH]c1C1CCSC1. The topological polar surface area (TPSA) is 71.8 Å². The highest BCUT2D eigenvalue weighted by atomic mass is 32.2. The fraction of sp³-hybridized carbons (Fsp3) is 0.500. The van der Waals surface area contributed by atoms with Crippen LogP contribution in [0.1, 0.15) is 28.4 Å². The van der Waals surface area contributed by atoms with Crippen LogP contribution in [0.25, 0.3) is 0 Å². The number of nitrogens with zero attached hydrogens (tertiary/aromatic N) is 1. The van der Waals surface area contributed by atoms with Crippen molar-refractivity contribution in [1.29, 1.82) is 0 Å². The van der Waals surface area contributed by atoms with Gasteiger partial charge in [-0.25, -0.2) is 0 Å². The molecule has 1 fully saturated rings. The van der Waals surface area contributed by atoms with Crippen LogP contribution in [0, 0.1) is 0 Å². The molecule has 1 aliphatic rings. The monoisotopic (exact) mass is 197 g/mol. The minimum atomic E-state index is -0.388.